The molecule has 5 heteroatoms. The molecule has 0 aliphatic heterocycles. The van der Waals surface area contributed by atoms with Crippen LogP contribution in [0.5, 0.6) is 0 Å². The number of aromatic nitrogens is 3. The van der Waals surface area contributed by atoms with Crippen LogP contribution in [0.15, 0.2) is 160 Å². The van der Waals surface area contributed by atoms with Crippen molar-refractivity contribution in [2.45, 2.75) is 58.3 Å². The van der Waals surface area contributed by atoms with Crippen LogP contribution in [0, 0.1) is 24.7 Å². The van der Waals surface area contributed by atoms with Crippen LogP contribution in [0.2, 0.25) is 0 Å². The van der Waals surface area contributed by atoms with Gasteiger partial charge in [-0.2, -0.15) is 0 Å². The van der Waals surface area contributed by atoms with Crippen LogP contribution in [-0.4, -0.2) is 15.0 Å². The van der Waals surface area contributed by atoms with Crippen molar-refractivity contribution in [1.82, 2.24) is 15.0 Å². The molecule has 2 aliphatic rings. The Morgan fingerprint density at radius 1 is 0.452 bits per heavy atom. The highest BCUT2D eigenvalue weighted by molar-refractivity contribution is 6.11. The molecule has 10 aromatic rings. The van der Waals surface area contributed by atoms with Gasteiger partial charge in [0.15, 0.2) is 17.5 Å². The van der Waals surface area contributed by atoms with Crippen LogP contribution in [0.1, 0.15) is 57.1 Å². The van der Waals surface area contributed by atoms with Gasteiger partial charge in [0.1, 0.15) is 22.3 Å². The third kappa shape index (κ3) is 6.24. The van der Waals surface area contributed by atoms with Gasteiger partial charge in [0.2, 0.25) is 0 Å². The van der Waals surface area contributed by atoms with E-state index in [0.717, 1.165) is 89.4 Å². The lowest BCUT2D eigenvalue weighted by Crippen LogP contribution is -2.42. The zero-order valence-electron chi connectivity index (χ0n) is 35.4. The fraction of sp³-hybridized carbons (Fsp3) is 0.211. The smallest absolute Gasteiger partial charge is 0.167 e. The molecule has 0 saturated heterocycles. The SMILES string of the molecule is Cc1ccccc1-c1cccc(-c2nc(-c3ccc4c(c3)oc3ccccc34)nc(-c3cc(-c4ccc(C56CC(C)CC(CC(C)C5)C6)cc4)cc4c3oc3ccccc34)n2)c1. The summed E-state index contributed by atoms with van der Waals surface area (Å²) in [6, 6.07) is 53.7. The quantitative estimate of drug-likeness (QED) is 0.167. The van der Waals surface area contributed by atoms with Gasteiger partial charge in [0.25, 0.3) is 0 Å². The largest absolute Gasteiger partial charge is 0.456 e. The molecule has 5 nitrogen and oxygen atoms in total. The lowest BCUT2D eigenvalue weighted by Gasteiger charge is -2.50. The standard InChI is InChI=1S/C57H47N3O2/c1-34-25-37-26-35(2)32-57(31-34,33-37)43-22-19-38(20-23-43)42-28-48-46-16-7-9-18-51(46)62-53(48)49(29-42)56-59-54(40-13-10-12-39(27-40)44-14-5-4-11-36(44)3)58-55(60-56)41-21-24-47-45-15-6-8-17-50(45)61-52(47)30-41/h4-24,27-30,34-35,37H,25-26,31-33H2,1-3H3. The Labute approximate surface area is 361 Å². The number of furan rings is 2. The molecule has 0 N–H and O–H groups in total. The van der Waals surface area contributed by atoms with Crippen LogP contribution in [-0.2, 0) is 5.41 Å². The molecule has 2 fully saturated rings. The van der Waals surface area contributed by atoms with Gasteiger partial charge >= 0.3 is 0 Å². The van der Waals surface area contributed by atoms with Gasteiger partial charge in [-0.05, 0) is 138 Å². The molecule has 2 bridgehead atoms. The van der Waals surface area contributed by atoms with E-state index in [4.69, 9.17) is 23.8 Å². The molecule has 62 heavy (non-hydrogen) atoms. The van der Waals surface area contributed by atoms with E-state index >= 15 is 0 Å². The molecule has 3 aromatic heterocycles. The minimum Gasteiger partial charge on any atom is -0.456 e. The Morgan fingerprint density at radius 3 is 1.82 bits per heavy atom. The molecular formula is C57H47N3O2. The Kier molecular flexibility index (Phi) is 8.57. The van der Waals surface area contributed by atoms with Crippen LogP contribution in [0.4, 0.5) is 0 Å². The highest BCUT2D eigenvalue weighted by Gasteiger charge is 2.45. The number of benzene rings is 7. The average molecular weight is 806 g/mol. The number of para-hydroxylation sites is 2. The van der Waals surface area contributed by atoms with Crippen LogP contribution >= 0.6 is 0 Å². The van der Waals surface area contributed by atoms with Crippen molar-refractivity contribution in [2.75, 3.05) is 0 Å². The fourth-order valence-electron chi connectivity index (χ4n) is 11.6. The summed E-state index contributed by atoms with van der Waals surface area (Å²) >= 11 is 0. The third-order valence-corrected chi connectivity index (χ3v) is 14.0. The molecule has 2 saturated carbocycles. The van der Waals surface area contributed by atoms with Crippen molar-refractivity contribution >= 4 is 43.9 Å². The molecule has 2 unspecified atom stereocenters. The maximum Gasteiger partial charge on any atom is 0.167 e. The summed E-state index contributed by atoms with van der Waals surface area (Å²) in [4.78, 5) is 15.9. The molecule has 12 rings (SSSR count). The summed E-state index contributed by atoms with van der Waals surface area (Å²) in [5.41, 5.74) is 13.4. The first-order valence-corrected chi connectivity index (χ1v) is 22.2. The van der Waals surface area contributed by atoms with Crippen LogP contribution in [0.25, 0.3) is 100 Å². The summed E-state index contributed by atoms with van der Waals surface area (Å²) in [6.45, 7) is 7.08. The normalized spacial score (nSPS) is 20.1. The molecule has 2 aliphatic carbocycles. The summed E-state index contributed by atoms with van der Waals surface area (Å²) in [5, 5.41) is 4.24. The first-order chi connectivity index (χ1) is 30.3. The van der Waals surface area contributed by atoms with E-state index in [1.807, 2.05) is 30.3 Å². The number of fused-ring (bicyclic) bond motifs is 8. The number of hydrogen-bond donors (Lipinski definition) is 0. The summed E-state index contributed by atoms with van der Waals surface area (Å²) < 4.78 is 13.1. The number of nitrogens with zero attached hydrogens (tertiary/aromatic N) is 3. The molecule has 0 radical (unpaired) electrons. The van der Waals surface area contributed by atoms with Gasteiger partial charge in [-0.15, -0.1) is 0 Å². The third-order valence-electron chi connectivity index (χ3n) is 14.0. The lowest BCUT2D eigenvalue weighted by molar-refractivity contribution is 0.0780. The molecule has 302 valence electrons. The van der Waals surface area contributed by atoms with E-state index in [9.17, 15) is 0 Å². The molecule has 0 spiro atoms. The predicted molar refractivity (Wildman–Crippen MR) is 253 cm³/mol. The topological polar surface area (TPSA) is 65.0 Å². The number of aryl methyl sites for hydroxylation is 1. The predicted octanol–water partition coefficient (Wildman–Crippen LogP) is 15.4. The maximum absolute atomic E-state index is 6.75. The number of hydrogen-bond acceptors (Lipinski definition) is 5. The van der Waals surface area contributed by atoms with Gasteiger partial charge < -0.3 is 8.83 Å². The average Bonchev–Trinajstić information content (AvgIpc) is 3.86. The van der Waals surface area contributed by atoms with Gasteiger partial charge in [-0.3, -0.25) is 0 Å². The Balaban J connectivity index is 1.04. The van der Waals surface area contributed by atoms with Crippen molar-refractivity contribution < 1.29 is 8.83 Å². The minimum atomic E-state index is 0.272. The van der Waals surface area contributed by atoms with Crippen molar-refractivity contribution in [1.29, 1.82) is 0 Å². The van der Waals surface area contributed by atoms with E-state index < -0.39 is 0 Å². The second kappa shape index (κ2) is 14.4. The minimum absolute atomic E-state index is 0.272. The molecule has 2 atom stereocenters. The van der Waals surface area contributed by atoms with Crippen molar-refractivity contribution in [3.05, 3.63) is 163 Å². The zero-order chi connectivity index (χ0) is 41.5. The molecule has 7 aromatic carbocycles. The van der Waals surface area contributed by atoms with Crippen molar-refractivity contribution in [2.24, 2.45) is 17.8 Å². The Bertz CT molecular complexity index is 3340. The van der Waals surface area contributed by atoms with Gasteiger partial charge in [-0.25, -0.2) is 15.0 Å². The van der Waals surface area contributed by atoms with Crippen LogP contribution in [0.3, 0.4) is 0 Å². The summed E-state index contributed by atoms with van der Waals surface area (Å²) in [5.74, 6) is 4.07. The second-order valence-corrected chi connectivity index (χ2v) is 18.5. The van der Waals surface area contributed by atoms with Crippen molar-refractivity contribution in [3.8, 4) is 56.4 Å². The van der Waals surface area contributed by atoms with Gasteiger partial charge in [0, 0.05) is 32.7 Å². The molecular weight excluding hydrogens is 759 g/mol. The summed E-state index contributed by atoms with van der Waals surface area (Å²) in [7, 11) is 0. The Hall–Kier alpha value is -6.85. The first kappa shape index (κ1) is 37.0. The van der Waals surface area contributed by atoms with Gasteiger partial charge in [0.05, 0.1) is 5.56 Å². The van der Waals surface area contributed by atoms with E-state index in [2.05, 4.69) is 142 Å². The van der Waals surface area contributed by atoms with E-state index in [0.29, 0.717) is 17.5 Å². The fourth-order valence-corrected chi connectivity index (χ4v) is 11.6. The van der Waals surface area contributed by atoms with Gasteiger partial charge in [-0.1, -0.05) is 123 Å². The van der Waals surface area contributed by atoms with E-state index in [-0.39, 0.29) is 5.41 Å². The molecule has 0 amide bonds. The summed E-state index contributed by atoms with van der Waals surface area (Å²) in [6.07, 6.45) is 6.63. The van der Waals surface area contributed by atoms with E-state index in [1.165, 1.54) is 54.4 Å². The monoisotopic (exact) mass is 805 g/mol. The molecule has 3 heterocycles. The highest BCUT2D eigenvalue weighted by atomic mass is 16.3. The first-order valence-electron chi connectivity index (χ1n) is 22.2. The van der Waals surface area contributed by atoms with E-state index in [1.54, 1.807) is 0 Å². The highest BCUT2D eigenvalue weighted by Crippen LogP contribution is 2.54. The van der Waals surface area contributed by atoms with Crippen molar-refractivity contribution in [3.63, 3.8) is 0 Å². The van der Waals surface area contributed by atoms with Crippen LogP contribution < -0.4 is 0 Å². The maximum atomic E-state index is 6.75. The lowest BCUT2D eigenvalue weighted by atomic mass is 9.54. The zero-order valence-corrected chi connectivity index (χ0v) is 35.4. The number of rotatable bonds is 6. The Morgan fingerprint density at radius 2 is 1.06 bits per heavy atom. The second-order valence-electron chi connectivity index (χ2n) is 18.5.